The zero-order valence-corrected chi connectivity index (χ0v) is 9.87. The van der Waals surface area contributed by atoms with Crippen LogP contribution in [0.5, 0.6) is 0 Å². The summed E-state index contributed by atoms with van der Waals surface area (Å²) in [4.78, 5) is 10.2. The summed E-state index contributed by atoms with van der Waals surface area (Å²) in [6.45, 7) is 4.38. The Morgan fingerprint density at radius 1 is 1.64 bits per heavy atom. The molecule has 1 aromatic heterocycles. The quantitative estimate of drug-likeness (QED) is 0.893. The molecule has 0 aromatic carbocycles. The highest BCUT2D eigenvalue weighted by atomic mass is 79.9. The third-order valence-corrected chi connectivity index (χ3v) is 1.78. The Labute approximate surface area is 92.2 Å². The first-order valence-corrected chi connectivity index (χ1v) is 4.96. The van der Waals surface area contributed by atoms with Gasteiger partial charge in [-0.25, -0.2) is 4.98 Å². The van der Waals surface area contributed by atoms with Crippen LogP contribution in [0, 0.1) is 0 Å². The molecule has 1 aromatic rings. The molecule has 1 heterocycles. The van der Waals surface area contributed by atoms with Gasteiger partial charge in [0.1, 0.15) is 5.82 Å². The molecule has 1 N–H and O–H groups in total. The maximum absolute atomic E-state index is 4.29. The molecule has 1 rings (SSSR count). The van der Waals surface area contributed by atoms with Gasteiger partial charge in [0.25, 0.3) is 0 Å². The van der Waals surface area contributed by atoms with Crippen LogP contribution in [-0.4, -0.2) is 30.6 Å². The van der Waals surface area contributed by atoms with Gasteiger partial charge >= 0.3 is 0 Å². The molecule has 0 radical (unpaired) electrons. The highest BCUT2D eigenvalue weighted by Crippen LogP contribution is 2.09. The minimum Gasteiger partial charge on any atom is -0.365 e. The van der Waals surface area contributed by atoms with Gasteiger partial charge in [-0.3, -0.25) is 0 Å². The number of halogens is 1. The number of aromatic nitrogens is 2. The third-order valence-electron chi connectivity index (χ3n) is 1.50. The summed E-state index contributed by atoms with van der Waals surface area (Å²) in [6.07, 6.45) is 1.72. The molecular formula is C9H13BrN4. The van der Waals surface area contributed by atoms with Crippen molar-refractivity contribution in [1.29, 1.82) is 0 Å². The van der Waals surface area contributed by atoms with E-state index in [2.05, 4.69) is 37.8 Å². The summed E-state index contributed by atoms with van der Waals surface area (Å²) in [7, 11) is 3.81. The van der Waals surface area contributed by atoms with Gasteiger partial charge in [-0.15, -0.1) is 0 Å². The Hall–Kier alpha value is -1.10. The molecule has 0 amide bonds. The summed E-state index contributed by atoms with van der Waals surface area (Å²) >= 11 is 3.27. The van der Waals surface area contributed by atoms with Gasteiger partial charge in [0.15, 0.2) is 0 Å². The highest BCUT2D eigenvalue weighted by molar-refractivity contribution is 9.11. The second-order valence-corrected chi connectivity index (χ2v) is 4.13. The van der Waals surface area contributed by atoms with Crippen molar-refractivity contribution in [3.8, 4) is 0 Å². The summed E-state index contributed by atoms with van der Waals surface area (Å²) < 4.78 is 0.891. The van der Waals surface area contributed by atoms with E-state index in [4.69, 9.17) is 0 Å². The van der Waals surface area contributed by atoms with Gasteiger partial charge in [-0.2, -0.15) is 4.98 Å². The number of anilines is 2. The van der Waals surface area contributed by atoms with Crippen molar-refractivity contribution in [2.24, 2.45) is 0 Å². The summed E-state index contributed by atoms with van der Waals surface area (Å²) in [6, 6.07) is 1.82. The minimum atomic E-state index is 0.657. The van der Waals surface area contributed by atoms with Crippen LogP contribution in [0.2, 0.25) is 0 Å². The normalized spacial score (nSPS) is 9.64. The van der Waals surface area contributed by atoms with Crippen LogP contribution in [0.3, 0.4) is 0 Å². The Bertz CT molecular complexity index is 324. The lowest BCUT2D eigenvalue weighted by molar-refractivity contribution is 0.996. The molecule has 76 valence electrons. The van der Waals surface area contributed by atoms with Crippen molar-refractivity contribution in [2.75, 3.05) is 30.9 Å². The molecule has 14 heavy (non-hydrogen) atoms. The molecule has 0 bridgehead atoms. The first kappa shape index (κ1) is 11.0. The fourth-order valence-electron chi connectivity index (χ4n) is 0.849. The number of hydrogen-bond donors (Lipinski definition) is 1. The van der Waals surface area contributed by atoms with E-state index < -0.39 is 0 Å². The van der Waals surface area contributed by atoms with Crippen LogP contribution < -0.4 is 10.2 Å². The Kier molecular flexibility index (Phi) is 3.88. The van der Waals surface area contributed by atoms with Crippen LogP contribution in [0.15, 0.2) is 23.3 Å². The SMILES string of the molecule is C=C(Br)CNc1ccnc(N(C)C)n1. The smallest absolute Gasteiger partial charge is 0.226 e. The van der Waals surface area contributed by atoms with E-state index >= 15 is 0 Å². The standard InChI is InChI=1S/C9H13BrN4/c1-7(10)6-12-8-4-5-11-9(13-8)14(2)3/h4-5H,1,6H2,2-3H3,(H,11,12,13). The van der Waals surface area contributed by atoms with E-state index in [1.54, 1.807) is 6.20 Å². The van der Waals surface area contributed by atoms with Crippen LogP contribution >= 0.6 is 15.9 Å². The summed E-state index contributed by atoms with van der Waals surface area (Å²) in [5, 5.41) is 3.12. The summed E-state index contributed by atoms with van der Waals surface area (Å²) in [5.41, 5.74) is 0. The van der Waals surface area contributed by atoms with Gasteiger partial charge in [0.2, 0.25) is 5.95 Å². The molecule has 5 heteroatoms. The first-order valence-electron chi connectivity index (χ1n) is 4.17. The molecule has 0 saturated carbocycles. The van der Waals surface area contributed by atoms with Crippen molar-refractivity contribution in [3.05, 3.63) is 23.3 Å². The average Bonchev–Trinajstić information content (AvgIpc) is 2.15. The Morgan fingerprint density at radius 3 is 2.93 bits per heavy atom. The second kappa shape index (κ2) is 4.95. The number of rotatable bonds is 4. The van der Waals surface area contributed by atoms with Crippen molar-refractivity contribution < 1.29 is 0 Å². The van der Waals surface area contributed by atoms with Gasteiger partial charge in [-0.1, -0.05) is 22.5 Å². The van der Waals surface area contributed by atoms with Gasteiger partial charge in [-0.05, 0) is 6.07 Å². The van der Waals surface area contributed by atoms with E-state index in [9.17, 15) is 0 Å². The third kappa shape index (κ3) is 3.33. The molecule has 0 unspecified atom stereocenters. The molecule has 0 aliphatic carbocycles. The Balaban J connectivity index is 2.68. The zero-order chi connectivity index (χ0) is 10.6. The van der Waals surface area contributed by atoms with Crippen molar-refractivity contribution >= 4 is 27.7 Å². The second-order valence-electron chi connectivity index (χ2n) is 3.01. The fourth-order valence-corrected chi connectivity index (χ4v) is 0.989. The van der Waals surface area contributed by atoms with E-state index in [1.165, 1.54) is 0 Å². The number of nitrogens with one attached hydrogen (secondary N) is 1. The molecule has 0 spiro atoms. The molecular weight excluding hydrogens is 244 g/mol. The number of nitrogens with zero attached hydrogens (tertiary/aromatic N) is 3. The zero-order valence-electron chi connectivity index (χ0n) is 8.29. The van der Waals surface area contributed by atoms with E-state index in [0.717, 1.165) is 10.3 Å². The highest BCUT2D eigenvalue weighted by Gasteiger charge is 1.99. The molecule has 0 aliphatic rings. The van der Waals surface area contributed by atoms with Gasteiger partial charge in [0.05, 0.1) is 0 Å². The minimum absolute atomic E-state index is 0.657. The van der Waals surface area contributed by atoms with Crippen molar-refractivity contribution in [3.63, 3.8) is 0 Å². The number of hydrogen-bond acceptors (Lipinski definition) is 4. The monoisotopic (exact) mass is 256 g/mol. The lowest BCUT2D eigenvalue weighted by Crippen LogP contribution is -2.13. The Morgan fingerprint density at radius 2 is 2.36 bits per heavy atom. The van der Waals surface area contributed by atoms with E-state index in [1.807, 2.05) is 25.1 Å². The maximum Gasteiger partial charge on any atom is 0.226 e. The molecule has 0 saturated heterocycles. The molecule has 0 aliphatic heterocycles. The lowest BCUT2D eigenvalue weighted by atomic mass is 10.5. The molecule has 0 fully saturated rings. The van der Waals surface area contributed by atoms with Crippen LogP contribution in [0.1, 0.15) is 0 Å². The van der Waals surface area contributed by atoms with E-state index in [0.29, 0.717) is 12.5 Å². The first-order chi connectivity index (χ1) is 6.59. The largest absolute Gasteiger partial charge is 0.365 e. The van der Waals surface area contributed by atoms with Crippen LogP contribution in [0.25, 0.3) is 0 Å². The topological polar surface area (TPSA) is 41.1 Å². The van der Waals surface area contributed by atoms with Crippen LogP contribution in [0.4, 0.5) is 11.8 Å². The van der Waals surface area contributed by atoms with Crippen molar-refractivity contribution in [1.82, 2.24) is 9.97 Å². The average molecular weight is 257 g/mol. The van der Waals surface area contributed by atoms with Crippen LogP contribution in [-0.2, 0) is 0 Å². The predicted molar refractivity (Wildman–Crippen MR) is 62.9 cm³/mol. The lowest BCUT2D eigenvalue weighted by Gasteiger charge is -2.11. The predicted octanol–water partition coefficient (Wildman–Crippen LogP) is 1.86. The van der Waals surface area contributed by atoms with E-state index in [-0.39, 0.29) is 0 Å². The molecule has 0 atom stereocenters. The maximum atomic E-state index is 4.29. The van der Waals surface area contributed by atoms with Gasteiger partial charge < -0.3 is 10.2 Å². The molecule has 4 nitrogen and oxygen atoms in total. The summed E-state index contributed by atoms with van der Waals surface area (Å²) in [5.74, 6) is 1.49. The fraction of sp³-hybridized carbons (Fsp3) is 0.333. The van der Waals surface area contributed by atoms with Gasteiger partial charge in [0, 0.05) is 31.3 Å². The van der Waals surface area contributed by atoms with Crippen molar-refractivity contribution in [2.45, 2.75) is 0 Å².